The monoisotopic (exact) mass is 434 g/mol. The normalized spacial score (nSPS) is 29.8. The van der Waals surface area contributed by atoms with Crippen molar-refractivity contribution < 1.29 is 23.0 Å². The lowest BCUT2D eigenvalue weighted by Gasteiger charge is -2.48. The number of hydrogen-bond acceptors (Lipinski definition) is 7. The molecule has 0 aromatic heterocycles. The molecule has 2 aromatic rings. The van der Waals surface area contributed by atoms with Gasteiger partial charge >= 0.3 is 0 Å². The molecule has 2 aromatic carbocycles. The summed E-state index contributed by atoms with van der Waals surface area (Å²) >= 11 is 0. The van der Waals surface area contributed by atoms with Gasteiger partial charge in [-0.1, -0.05) is 18.2 Å². The van der Waals surface area contributed by atoms with Crippen LogP contribution in [0, 0.1) is 61.9 Å². The van der Waals surface area contributed by atoms with Crippen LogP contribution in [-0.4, -0.2) is 18.8 Å². The molecule has 9 heteroatoms. The third kappa shape index (κ3) is 2.48. The topological polar surface area (TPSA) is 123 Å². The van der Waals surface area contributed by atoms with Crippen molar-refractivity contribution in [3.05, 3.63) is 65.2 Å². The van der Waals surface area contributed by atoms with E-state index in [1.165, 1.54) is 14.0 Å². The van der Waals surface area contributed by atoms with Crippen LogP contribution >= 0.6 is 0 Å². The van der Waals surface area contributed by atoms with Crippen LogP contribution in [0.2, 0.25) is 0 Å². The van der Waals surface area contributed by atoms with E-state index in [-0.39, 0.29) is 5.56 Å². The van der Waals surface area contributed by atoms with E-state index >= 15 is 0 Å². The van der Waals surface area contributed by atoms with Gasteiger partial charge < -0.3 is 14.2 Å². The Labute approximate surface area is 182 Å². The van der Waals surface area contributed by atoms with Crippen LogP contribution in [0.15, 0.2) is 42.5 Å². The average Bonchev–Trinajstić information content (AvgIpc) is 2.96. The standard InChI is InChI=1S/C23H16F2N4O3/c1-21-18(13-3-6-15(30-2)7-4-13)23(12-28,20(29)32-21)22(10-26,11-27)19(31-21)16-8-5-14(24)9-17(16)25/h3-9,18-19,29H,1-2H3. The van der Waals surface area contributed by atoms with E-state index in [1.807, 2.05) is 18.2 Å². The number of nitrogens with zero attached hydrogens (tertiary/aromatic N) is 3. The van der Waals surface area contributed by atoms with Crippen molar-refractivity contribution in [1.82, 2.24) is 0 Å². The van der Waals surface area contributed by atoms with E-state index in [1.54, 1.807) is 24.3 Å². The molecule has 2 bridgehead atoms. The minimum absolute atomic E-state index is 0.285. The van der Waals surface area contributed by atoms with Gasteiger partial charge in [0.2, 0.25) is 17.1 Å². The number of nitrogens with one attached hydrogen (secondary N) is 1. The van der Waals surface area contributed by atoms with E-state index in [0.29, 0.717) is 17.4 Å². The first-order chi connectivity index (χ1) is 15.2. The molecule has 4 rings (SSSR count). The Morgan fingerprint density at radius 3 is 2.22 bits per heavy atom. The Hall–Kier alpha value is -4.00. The van der Waals surface area contributed by atoms with E-state index in [0.717, 1.165) is 12.1 Å². The number of rotatable bonds is 3. The summed E-state index contributed by atoms with van der Waals surface area (Å²) in [7, 11) is 1.48. The fourth-order valence-electron chi connectivity index (χ4n) is 4.78. The Kier molecular flexibility index (Phi) is 4.66. The number of methoxy groups -OCH3 is 1. The SMILES string of the molecule is COc1ccc(C2C3(C)OC(=N)C2(C#N)C(C#N)(C#N)C(c2ccc(F)cc2F)O3)cc1. The van der Waals surface area contributed by atoms with Gasteiger partial charge in [-0.25, -0.2) is 8.78 Å². The second kappa shape index (κ2) is 7.02. The Morgan fingerprint density at radius 2 is 1.69 bits per heavy atom. The first-order valence-electron chi connectivity index (χ1n) is 9.51. The van der Waals surface area contributed by atoms with Crippen molar-refractivity contribution in [3.63, 3.8) is 0 Å². The van der Waals surface area contributed by atoms with E-state index in [4.69, 9.17) is 19.6 Å². The van der Waals surface area contributed by atoms with Gasteiger partial charge in [-0.2, -0.15) is 15.8 Å². The van der Waals surface area contributed by atoms with E-state index < -0.39 is 46.2 Å². The van der Waals surface area contributed by atoms with Crippen LogP contribution in [0.5, 0.6) is 5.75 Å². The van der Waals surface area contributed by atoms with Crippen molar-refractivity contribution in [3.8, 4) is 24.0 Å². The fraction of sp³-hybridized carbons (Fsp3) is 0.304. The minimum atomic E-state index is -2.38. The lowest BCUT2D eigenvalue weighted by Crippen LogP contribution is -2.57. The zero-order valence-corrected chi connectivity index (χ0v) is 17.0. The van der Waals surface area contributed by atoms with Gasteiger partial charge in [0.25, 0.3) is 0 Å². The summed E-state index contributed by atoms with van der Waals surface area (Å²) in [5, 5.41) is 39.3. The van der Waals surface area contributed by atoms with Crippen LogP contribution in [0.25, 0.3) is 0 Å². The van der Waals surface area contributed by atoms with Crippen molar-refractivity contribution in [2.75, 3.05) is 7.11 Å². The molecule has 1 N–H and O–H groups in total. The molecule has 160 valence electrons. The zero-order valence-electron chi connectivity index (χ0n) is 17.0. The van der Waals surface area contributed by atoms with E-state index in [2.05, 4.69) is 0 Å². The number of fused-ring (bicyclic) bond motifs is 2. The molecule has 32 heavy (non-hydrogen) atoms. The zero-order chi connectivity index (χ0) is 23.3. The number of benzene rings is 2. The van der Waals surface area contributed by atoms with Crippen molar-refractivity contribution in [2.24, 2.45) is 10.8 Å². The molecule has 0 aliphatic carbocycles. The van der Waals surface area contributed by atoms with Crippen LogP contribution in [0.3, 0.4) is 0 Å². The quantitative estimate of drug-likeness (QED) is 0.776. The third-order valence-electron chi connectivity index (χ3n) is 6.21. The summed E-state index contributed by atoms with van der Waals surface area (Å²) in [4.78, 5) is 0. The van der Waals surface area contributed by atoms with Crippen LogP contribution in [0.4, 0.5) is 8.78 Å². The van der Waals surface area contributed by atoms with E-state index in [9.17, 15) is 24.6 Å². The second-order valence-corrected chi connectivity index (χ2v) is 7.77. The molecule has 7 nitrogen and oxygen atoms in total. The van der Waals surface area contributed by atoms with Gasteiger partial charge in [0.05, 0.1) is 31.2 Å². The first kappa shape index (κ1) is 21.2. The first-order valence-corrected chi connectivity index (χ1v) is 9.51. The highest BCUT2D eigenvalue weighted by atomic mass is 19.1. The largest absolute Gasteiger partial charge is 0.497 e. The summed E-state index contributed by atoms with van der Waals surface area (Å²) in [6.07, 6.45) is -1.62. The number of ether oxygens (including phenoxy) is 3. The van der Waals surface area contributed by atoms with Gasteiger partial charge in [-0.15, -0.1) is 0 Å². The summed E-state index contributed by atoms with van der Waals surface area (Å²) in [5.41, 5.74) is -4.33. The van der Waals surface area contributed by atoms with Gasteiger partial charge in [-0.05, 0) is 23.8 Å². The van der Waals surface area contributed by atoms with Gasteiger partial charge in [0.15, 0.2) is 5.41 Å². The lowest BCUT2D eigenvalue weighted by molar-refractivity contribution is -0.254. The smallest absolute Gasteiger partial charge is 0.218 e. The summed E-state index contributed by atoms with van der Waals surface area (Å²) in [6, 6.07) is 14.8. The Bertz CT molecular complexity index is 1230. The molecule has 2 aliphatic rings. The Balaban J connectivity index is 2.01. The molecule has 2 heterocycles. The summed E-state index contributed by atoms with van der Waals surface area (Å²) in [5.74, 6) is -4.76. The molecule has 0 saturated carbocycles. The molecule has 4 atom stereocenters. The molecule has 0 spiro atoms. The molecule has 2 fully saturated rings. The molecule has 4 unspecified atom stereocenters. The fourth-order valence-corrected chi connectivity index (χ4v) is 4.78. The number of halogens is 2. The van der Waals surface area contributed by atoms with Gasteiger partial charge in [0.1, 0.15) is 23.5 Å². The van der Waals surface area contributed by atoms with Crippen LogP contribution < -0.4 is 4.74 Å². The molecule has 2 aliphatic heterocycles. The maximum atomic E-state index is 14.7. The molecule has 0 amide bonds. The predicted octanol–water partition coefficient (Wildman–Crippen LogP) is 4.10. The molecular formula is C23H16F2N4O3. The maximum absolute atomic E-state index is 14.7. The van der Waals surface area contributed by atoms with Crippen LogP contribution in [0.1, 0.15) is 30.1 Å². The third-order valence-corrected chi connectivity index (χ3v) is 6.21. The highest BCUT2D eigenvalue weighted by Gasteiger charge is 2.80. The number of hydrogen-bond donors (Lipinski definition) is 1. The highest BCUT2D eigenvalue weighted by Crippen LogP contribution is 2.69. The molecular weight excluding hydrogens is 418 g/mol. The van der Waals surface area contributed by atoms with Gasteiger partial charge in [0, 0.05) is 18.6 Å². The van der Waals surface area contributed by atoms with Crippen LogP contribution in [-0.2, 0) is 9.47 Å². The number of nitriles is 3. The maximum Gasteiger partial charge on any atom is 0.218 e. The Morgan fingerprint density at radius 1 is 1.03 bits per heavy atom. The average molecular weight is 434 g/mol. The van der Waals surface area contributed by atoms with Crippen molar-refractivity contribution in [2.45, 2.75) is 24.7 Å². The minimum Gasteiger partial charge on any atom is -0.497 e. The molecule has 2 saturated heterocycles. The van der Waals surface area contributed by atoms with Gasteiger partial charge in [-0.3, -0.25) is 5.41 Å². The highest BCUT2D eigenvalue weighted by molar-refractivity contribution is 5.90. The summed E-state index contributed by atoms with van der Waals surface area (Å²) < 4.78 is 45.1. The summed E-state index contributed by atoms with van der Waals surface area (Å²) in [6.45, 7) is 1.46. The molecule has 0 radical (unpaired) electrons. The van der Waals surface area contributed by atoms with Crippen molar-refractivity contribution >= 4 is 5.90 Å². The second-order valence-electron chi connectivity index (χ2n) is 7.77. The predicted molar refractivity (Wildman–Crippen MR) is 105 cm³/mol. The lowest BCUT2D eigenvalue weighted by atomic mass is 9.52. The van der Waals surface area contributed by atoms with Crippen molar-refractivity contribution in [1.29, 1.82) is 21.2 Å².